The van der Waals surface area contributed by atoms with Crippen LogP contribution in [0, 0.1) is 6.92 Å². The van der Waals surface area contributed by atoms with Gasteiger partial charge in [0.2, 0.25) is 15.9 Å². The second kappa shape index (κ2) is 9.65. The molecule has 0 heterocycles. The molecule has 0 aliphatic heterocycles. The maximum atomic E-state index is 11.9. The molecule has 0 bridgehead atoms. The van der Waals surface area contributed by atoms with E-state index in [1.807, 2.05) is 31.2 Å². The van der Waals surface area contributed by atoms with Crippen molar-refractivity contribution >= 4 is 27.9 Å². The van der Waals surface area contributed by atoms with Crippen LogP contribution in [-0.4, -0.2) is 26.8 Å². The lowest BCUT2D eigenvalue weighted by atomic mass is 10.2. The summed E-state index contributed by atoms with van der Waals surface area (Å²) in [5.41, 5.74) is 6.75. The lowest BCUT2D eigenvalue weighted by Crippen LogP contribution is -2.42. The van der Waals surface area contributed by atoms with Crippen LogP contribution in [-0.2, 0) is 14.8 Å². The summed E-state index contributed by atoms with van der Waals surface area (Å²) in [7, 11) is -3.66. The summed E-state index contributed by atoms with van der Waals surface area (Å²) in [5, 5.41) is 1.05. The molecule has 2 aromatic carbocycles. The SMILES string of the molecule is Cc1ccc(/C=C/S(=O)(=O)NCCC(=O)NNC(=O)c2ccccc2)cc1. The molecule has 142 valence electrons. The molecule has 0 saturated carbocycles. The van der Waals surface area contributed by atoms with E-state index in [9.17, 15) is 18.0 Å². The summed E-state index contributed by atoms with van der Waals surface area (Å²) in [6.45, 7) is 1.85. The zero-order valence-corrected chi connectivity index (χ0v) is 15.6. The van der Waals surface area contributed by atoms with Gasteiger partial charge in [0.1, 0.15) is 0 Å². The van der Waals surface area contributed by atoms with Crippen LogP contribution in [0.2, 0.25) is 0 Å². The standard InChI is InChI=1S/C19H21N3O4S/c1-15-7-9-16(10-8-15)12-14-27(25,26)20-13-11-18(23)21-22-19(24)17-5-3-2-4-6-17/h2-10,12,14,20H,11,13H2,1H3,(H,21,23)(H,22,24)/b14-12+. The Balaban J connectivity index is 1.73. The van der Waals surface area contributed by atoms with Crippen molar-refractivity contribution in [2.24, 2.45) is 0 Å². The average Bonchev–Trinajstić information content (AvgIpc) is 2.66. The van der Waals surface area contributed by atoms with Gasteiger partial charge < -0.3 is 0 Å². The van der Waals surface area contributed by atoms with E-state index in [4.69, 9.17) is 0 Å². The van der Waals surface area contributed by atoms with Gasteiger partial charge in [-0.1, -0.05) is 48.0 Å². The first-order valence-corrected chi connectivity index (χ1v) is 9.79. The van der Waals surface area contributed by atoms with Crippen molar-refractivity contribution in [2.75, 3.05) is 6.54 Å². The van der Waals surface area contributed by atoms with Crippen LogP contribution in [0.3, 0.4) is 0 Å². The van der Waals surface area contributed by atoms with Crippen molar-refractivity contribution in [1.29, 1.82) is 0 Å². The van der Waals surface area contributed by atoms with E-state index in [-0.39, 0.29) is 13.0 Å². The van der Waals surface area contributed by atoms with Crippen LogP contribution >= 0.6 is 0 Å². The fraction of sp³-hybridized carbons (Fsp3) is 0.158. The smallest absolute Gasteiger partial charge is 0.269 e. The Morgan fingerprint density at radius 3 is 2.30 bits per heavy atom. The summed E-state index contributed by atoms with van der Waals surface area (Å²) in [5.74, 6) is -0.963. The molecule has 0 saturated heterocycles. The third-order valence-electron chi connectivity index (χ3n) is 3.52. The van der Waals surface area contributed by atoms with Crippen molar-refractivity contribution in [2.45, 2.75) is 13.3 Å². The van der Waals surface area contributed by atoms with Gasteiger partial charge in [0.15, 0.2) is 0 Å². The average molecular weight is 387 g/mol. The summed E-state index contributed by atoms with van der Waals surface area (Å²) in [6, 6.07) is 15.8. The molecule has 7 nitrogen and oxygen atoms in total. The highest BCUT2D eigenvalue weighted by Gasteiger charge is 2.09. The van der Waals surface area contributed by atoms with Crippen molar-refractivity contribution in [3.63, 3.8) is 0 Å². The van der Waals surface area contributed by atoms with E-state index < -0.39 is 21.8 Å². The van der Waals surface area contributed by atoms with Crippen molar-refractivity contribution in [3.05, 3.63) is 76.7 Å². The normalized spacial score (nSPS) is 11.3. The molecule has 0 aromatic heterocycles. The van der Waals surface area contributed by atoms with Gasteiger partial charge in [-0.2, -0.15) is 0 Å². The third-order valence-corrected chi connectivity index (χ3v) is 4.62. The van der Waals surface area contributed by atoms with Crippen LogP contribution in [0.4, 0.5) is 0 Å². The van der Waals surface area contributed by atoms with E-state index >= 15 is 0 Å². The minimum atomic E-state index is -3.66. The molecule has 8 heteroatoms. The Morgan fingerprint density at radius 2 is 1.63 bits per heavy atom. The zero-order valence-electron chi connectivity index (χ0n) is 14.8. The number of hydrogen-bond donors (Lipinski definition) is 3. The van der Waals surface area contributed by atoms with Crippen molar-refractivity contribution in [1.82, 2.24) is 15.6 Å². The monoisotopic (exact) mass is 387 g/mol. The molecule has 27 heavy (non-hydrogen) atoms. The fourth-order valence-corrected chi connectivity index (χ4v) is 2.87. The lowest BCUT2D eigenvalue weighted by Gasteiger charge is -2.07. The van der Waals surface area contributed by atoms with E-state index in [1.54, 1.807) is 30.3 Å². The Kier molecular flexibility index (Phi) is 7.27. The molecule has 0 aliphatic rings. The maximum Gasteiger partial charge on any atom is 0.269 e. The number of carbonyl (C=O) groups is 2. The number of amides is 2. The molecule has 2 rings (SSSR count). The van der Waals surface area contributed by atoms with Crippen molar-refractivity contribution < 1.29 is 18.0 Å². The van der Waals surface area contributed by atoms with Gasteiger partial charge in [-0.25, -0.2) is 13.1 Å². The molecule has 2 amide bonds. The largest absolute Gasteiger partial charge is 0.273 e. The maximum absolute atomic E-state index is 11.9. The third kappa shape index (κ3) is 7.43. The Bertz CT molecular complexity index is 908. The number of aryl methyl sites for hydroxylation is 1. The number of carbonyl (C=O) groups excluding carboxylic acids is 2. The van der Waals surface area contributed by atoms with Gasteiger partial charge in [-0.05, 0) is 30.7 Å². The number of sulfonamides is 1. The van der Waals surface area contributed by atoms with Gasteiger partial charge >= 0.3 is 0 Å². The zero-order chi connectivity index (χ0) is 19.7. The summed E-state index contributed by atoms with van der Waals surface area (Å²) >= 11 is 0. The Morgan fingerprint density at radius 1 is 0.963 bits per heavy atom. The minimum absolute atomic E-state index is 0.0897. The fourth-order valence-electron chi connectivity index (χ4n) is 2.05. The molecule has 0 aliphatic carbocycles. The van der Waals surface area contributed by atoms with Gasteiger partial charge in [0.05, 0.1) is 0 Å². The minimum Gasteiger partial charge on any atom is -0.273 e. The van der Waals surface area contributed by atoms with E-state index in [2.05, 4.69) is 15.6 Å². The van der Waals surface area contributed by atoms with Crippen LogP contribution < -0.4 is 15.6 Å². The summed E-state index contributed by atoms with van der Waals surface area (Å²) in [4.78, 5) is 23.5. The number of rotatable bonds is 7. The molecule has 0 fully saturated rings. The number of hydrogen-bond acceptors (Lipinski definition) is 4. The highest BCUT2D eigenvalue weighted by Crippen LogP contribution is 2.06. The summed E-state index contributed by atoms with van der Waals surface area (Å²) in [6.07, 6.45) is 1.36. The predicted molar refractivity (Wildman–Crippen MR) is 104 cm³/mol. The molecule has 2 aromatic rings. The van der Waals surface area contributed by atoms with E-state index in [1.165, 1.54) is 6.08 Å². The first-order chi connectivity index (χ1) is 12.9. The number of nitrogens with one attached hydrogen (secondary N) is 3. The van der Waals surface area contributed by atoms with E-state index in [0.717, 1.165) is 16.5 Å². The quantitative estimate of drug-likeness (QED) is 0.630. The predicted octanol–water partition coefficient (Wildman–Crippen LogP) is 1.74. The second-order valence-electron chi connectivity index (χ2n) is 5.77. The highest BCUT2D eigenvalue weighted by molar-refractivity contribution is 7.92. The molecule has 0 atom stereocenters. The van der Waals surface area contributed by atoms with Crippen molar-refractivity contribution in [3.8, 4) is 0 Å². The van der Waals surface area contributed by atoms with Crippen LogP contribution in [0.25, 0.3) is 6.08 Å². The van der Waals surface area contributed by atoms with Crippen LogP contribution in [0.1, 0.15) is 27.9 Å². The van der Waals surface area contributed by atoms with Gasteiger partial charge in [-0.15, -0.1) is 0 Å². The highest BCUT2D eigenvalue weighted by atomic mass is 32.2. The first kappa shape index (κ1) is 20.3. The number of hydrazine groups is 1. The Hall–Kier alpha value is -2.97. The molecule has 0 radical (unpaired) electrons. The second-order valence-corrected chi connectivity index (χ2v) is 7.42. The van der Waals surface area contributed by atoms with E-state index in [0.29, 0.717) is 5.56 Å². The molecular formula is C19H21N3O4S. The summed E-state index contributed by atoms with van der Waals surface area (Å²) < 4.78 is 26.1. The van der Waals surface area contributed by atoms with Crippen LogP contribution in [0.5, 0.6) is 0 Å². The number of benzene rings is 2. The lowest BCUT2D eigenvalue weighted by molar-refractivity contribution is -0.121. The first-order valence-electron chi connectivity index (χ1n) is 8.24. The molecule has 0 unspecified atom stereocenters. The molecule has 3 N–H and O–H groups in total. The van der Waals surface area contributed by atoms with Gasteiger partial charge in [0.25, 0.3) is 5.91 Å². The molecule has 0 spiro atoms. The van der Waals surface area contributed by atoms with Gasteiger partial charge in [-0.3, -0.25) is 20.4 Å². The van der Waals surface area contributed by atoms with Gasteiger partial charge in [0, 0.05) is 23.9 Å². The molecular weight excluding hydrogens is 366 g/mol. The topological polar surface area (TPSA) is 104 Å². The Labute approximate surface area is 158 Å². The van der Waals surface area contributed by atoms with Crippen LogP contribution in [0.15, 0.2) is 60.0 Å².